The van der Waals surface area contributed by atoms with E-state index in [0.717, 1.165) is 30.6 Å². The van der Waals surface area contributed by atoms with E-state index in [0.29, 0.717) is 13.1 Å². The van der Waals surface area contributed by atoms with Crippen LogP contribution in [0.2, 0.25) is 0 Å². The predicted octanol–water partition coefficient (Wildman–Crippen LogP) is 3.30. The van der Waals surface area contributed by atoms with Gasteiger partial charge in [0.25, 0.3) is 0 Å². The van der Waals surface area contributed by atoms with Crippen LogP contribution in [0, 0.1) is 11.3 Å². The predicted molar refractivity (Wildman–Crippen MR) is 87.9 cm³/mol. The minimum atomic E-state index is 0.365. The standard InChI is InChI=1S/C17H22N4/c1-3-5-12-21(4-2)15-20-14-16(8-6-10-18)17-9-7-11-19-13-17/h3,7-9,11,13-14H,1,4-6,12,15H2,2H3/b16-8+,20-14-. The third kappa shape index (κ3) is 6.64. The number of aromatic nitrogens is 1. The van der Waals surface area contributed by atoms with Crippen LogP contribution in [0.15, 0.2) is 48.2 Å². The molecule has 0 saturated carbocycles. The molecule has 0 aliphatic rings. The van der Waals surface area contributed by atoms with Crippen LogP contribution in [0.25, 0.3) is 5.57 Å². The van der Waals surface area contributed by atoms with Gasteiger partial charge in [0.1, 0.15) is 0 Å². The van der Waals surface area contributed by atoms with Gasteiger partial charge in [-0.3, -0.25) is 14.9 Å². The monoisotopic (exact) mass is 282 g/mol. The topological polar surface area (TPSA) is 52.3 Å². The molecule has 4 nitrogen and oxygen atoms in total. The van der Waals surface area contributed by atoms with E-state index in [1.165, 1.54) is 0 Å². The number of allylic oxidation sites excluding steroid dienone is 2. The Morgan fingerprint density at radius 2 is 2.43 bits per heavy atom. The summed E-state index contributed by atoms with van der Waals surface area (Å²) in [4.78, 5) is 10.8. The summed E-state index contributed by atoms with van der Waals surface area (Å²) < 4.78 is 0. The third-order valence-corrected chi connectivity index (χ3v) is 3.02. The van der Waals surface area contributed by atoms with E-state index in [2.05, 4.69) is 34.4 Å². The van der Waals surface area contributed by atoms with E-state index in [-0.39, 0.29) is 0 Å². The molecule has 1 aromatic heterocycles. The summed E-state index contributed by atoms with van der Waals surface area (Å²) in [5, 5.41) is 8.74. The maximum atomic E-state index is 8.74. The summed E-state index contributed by atoms with van der Waals surface area (Å²) in [5.41, 5.74) is 1.91. The Hall–Kier alpha value is -2.25. The van der Waals surface area contributed by atoms with Crippen molar-refractivity contribution in [1.29, 1.82) is 5.26 Å². The summed E-state index contributed by atoms with van der Waals surface area (Å²) in [5.74, 6) is 0. The second kappa shape index (κ2) is 10.5. The van der Waals surface area contributed by atoms with E-state index in [9.17, 15) is 0 Å². The van der Waals surface area contributed by atoms with Crippen molar-refractivity contribution >= 4 is 11.8 Å². The quantitative estimate of drug-likeness (QED) is 0.516. The molecule has 0 aromatic carbocycles. The van der Waals surface area contributed by atoms with Crippen LogP contribution in [0.3, 0.4) is 0 Å². The number of aliphatic imine (C=N–C) groups is 1. The Morgan fingerprint density at radius 3 is 3.05 bits per heavy atom. The average Bonchev–Trinajstić information content (AvgIpc) is 2.54. The highest BCUT2D eigenvalue weighted by molar-refractivity contribution is 6.09. The average molecular weight is 282 g/mol. The van der Waals surface area contributed by atoms with Gasteiger partial charge in [0.05, 0.1) is 19.2 Å². The maximum absolute atomic E-state index is 8.74. The zero-order valence-electron chi connectivity index (χ0n) is 12.6. The molecule has 0 N–H and O–H groups in total. The highest BCUT2D eigenvalue weighted by Crippen LogP contribution is 2.11. The number of nitriles is 1. The van der Waals surface area contributed by atoms with Crippen LogP contribution in [-0.4, -0.2) is 35.9 Å². The molecule has 0 aliphatic carbocycles. The lowest BCUT2D eigenvalue weighted by atomic mass is 10.1. The Balaban J connectivity index is 2.71. The van der Waals surface area contributed by atoms with E-state index >= 15 is 0 Å². The van der Waals surface area contributed by atoms with Gasteiger partial charge in [-0.2, -0.15) is 5.26 Å². The SMILES string of the molecule is C=CCCN(CC)C/N=C\C(=C/CC#N)c1cccnc1. The van der Waals surface area contributed by atoms with Crippen molar-refractivity contribution < 1.29 is 0 Å². The first-order valence-corrected chi connectivity index (χ1v) is 7.12. The molecule has 0 bridgehead atoms. The van der Waals surface area contributed by atoms with Crippen LogP contribution in [0.1, 0.15) is 25.3 Å². The van der Waals surface area contributed by atoms with Gasteiger partial charge in [-0.1, -0.05) is 25.1 Å². The zero-order valence-corrected chi connectivity index (χ0v) is 12.6. The lowest BCUT2D eigenvalue weighted by molar-refractivity contribution is 0.304. The summed E-state index contributed by atoms with van der Waals surface area (Å²) in [6, 6.07) is 5.98. The molecule has 4 heteroatoms. The number of hydrogen-bond donors (Lipinski definition) is 0. The number of rotatable bonds is 9. The van der Waals surface area contributed by atoms with Crippen molar-refractivity contribution in [3.05, 3.63) is 48.8 Å². The largest absolute Gasteiger partial charge is 0.284 e. The summed E-state index contributed by atoms with van der Waals surface area (Å²) in [6.45, 7) is 8.42. The molecular weight excluding hydrogens is 260 g/mol. The Bertz CT molecular complexity index is 511. The minimum Gasteiger partial charge on any atom is -0.284 e. The van der Waals surface area contributed by atoms with E-state index < -0.39 is 0 Å². The van der Waals surface area contributed by atoms with Gasteiger partial charge in [-0.05, 0) is 24.6 Å². The molecule has 0 saturated heterocycles. The second-order valence-corrected chi connectivity index (χ2v) is 4.50. The minimum absolute atomic E-state index is 0.365. The highest BCUT2D eigenvalue weighted by Gasteiger charge is 2.00. The fourth-order valence-electron chi connectivity index (χ4n) is 1.79. The van der Waals surface area contributed by atoms with Gasteiger partial charge >= 0.3 is 0 Å². The van der Waals surface area contributed by atoms with E-state index in [1.807, 2.05) is 30.5 Å². The Kier molecular flexibility index (Phi) is 8.42. The van der Waals surface area contributed by atoms with Crippen LogP contribution >= 0.6 is 0 Å². The first-order chi connectivity index (χ1) is 10.3. The molecule has 0 fully saturated rings. The first kappa shape index (κ1) is 16.8. The zero-order chi connectivity index (χ0) is 15.3. The molecule has 0 amide bonds. The van der Waals surface area contributed by atoms with Crippen molar-refractivity contribution in [3.8, 4) is 6.07 Å². The molecule has 1 aromatic rings. The van der Waals surface area contributed by atoms with Crippen molar-refractivity contribution in [2.75, 3.05) is 19.8 Å². The molecule has 0 atom stereocenters. The third-order valence-electron chi connectivity index (χ3n) is 3.02. The maximum Gasteiger partial charge on any atom is 0.0909 e. The summed E-state index contributed by atoms with van der Waals surface area (Å²) in [7, 11) is 0. The van der Waals surface area contributed by atoms with Crippen LogP contribution in [0.5, 0.6) is 0 Å². The molecule has 1 rings (SSSR count). The van der Waals surface area contributed by atoms with Gasteiger partial charge < -0.3 is 0 Å². The van der Waals surface area contributed by atoms with E-state index in [4.69, 9.17) is 5.26 Å². The molecule has 0 aliphatic heterocycles. The summed E-state index contributed by atoms with van der Waals surface area (Å²) in [6.07, 6.45) is 10.5. The van der Waals surface area contributed by atoms with Crippen molar-refractivity contribution in [2.45, 2.75) is 19.8 Å². The van der Waals surface area contributed by atoms with E-state index in [1.54, 1.807) is 12.4 Å². The normalized spacial score (nSPS) is 11.8. The number of nitrogens with zero attached hydrogens (tertiary/aromatic N) is 4. The van der Waals surface area contributed by atoms with Gasteiger partial charge in [-0.15, -0.1) is 6.58 Å². The Morgan fingerprint density at radius 1 is 1.57 bits per heavy atom. The van der Waals surface area contributed by atoms with Crippen molar-refractivity contribution in [2.24, 2.45) is 4.99 Å². The highest BCUT2D eigenvalue weighted by atomic mass is 15.2. The van der Waals surface area contributed by atoms with Crippen LogP contribution in [0.4, 0.5) is 0 Å². The molecule has 1 heterocycles. The lowest BCUT2D eigenvalue weighted by Crippen LogP contribution is -2.24. The fraction of sp³-hybridized carbons (Fsp3) is 0.353. The van der Waals surface area contributed by atoms with Crippen molar-refractivity contribution in [3.63, 3.8) is 0 Å². The molecular formula is C17H22N4. The van der Waals surface area contributed by atoms with Gasteiger partial charge in [0.15, 0.2) is 0 Å². The number of pyridine rings is 1. The van der Waals surface area contributed by atoms with Gasteiger partial charge in [0.2, 0.25) is 0 Å². The first-order valence-electron chi connectivity index (χ1n) is 7.12. The smallest absolute Gasteiger partial charge is 0.0909 e. The molecule has 0 spiro atoms. The van der Waals surface area contributed by atoms with Gasteiger partial charge in [0, 0.05) is 30.7 Å². The molecule has 110 valence electrons. The molecule has 21 heavy (non-hydrogen) atoms. The van der Waals surface area contributed by atoms with Crippen molar-refractivity contribution in [1.82, 2.24) is 9.88 Å². The Labute approximate surface area is 127 Å². The lowest BCUT2D eigenvalue weighted by Gasteiger charge is -2.16. The molecule has 0 unspecified atom stereocenters. The van der Waals surface area contributed by atoms with Gasteiger partial charge in [-0.25, -0.2) is 0 Å². The fourth-order valence-corrected chi connectivity index (χ4v) is 1.79. The van der Waals surface area contributed by atoms with Crippen LogP contribution in [-0.2, 0) is 0 Å². The summed E-state index contributed by atoms with van der Waals surface area (Å²) >= 11 is 0. The van der Waals surface area contributed by atoms with Crippen LogP contribution < -0.4 is 0 Å². The second-order valence-electron chi connectivity index (χ2n) is 4.50. The molecule has 0 radical (unpaired) electrons. The number of hydrogen-bond acceptors (Lipinski definition) is 4.